The highest BCUT2D eigenvalue weighted by Gasteiger charge is 2.26. The van der Waals surface area contributed by atoms with Crippen LogP contribution < -0.4 is 0 Å². The molecular weight excluding hydrogens is 178 g/mol. The van der Waals surface area contributed by atoms with Crippen LogP contribution in [0.5, 0.6) is 0 Å². The maximum atomic E-state index is 9.67. The van der Waals surface area contributed by atoms with Crippen molar-refractivity contribution in [2.24, 2.45) is 0 Å². The van der Waals surface area contributed by atoms with E-state index >= 15 is 0 Å². The monoisotopic (exact) mass is 201 g/mol. The van der Waals surface area contributed by atoms with Crippen LogP contribution in [0.1, 0.15) is 33.1 Å². The van der Waals surface area contributed by atoms with Gasteiger partial charge in [0.25, 0.3) is 0 Å². The highest BCUT2D eigenvalue weighted by molar-refractivity contribution is 4.81. The van der Waals surface area contributed by atoms with E-state index in [2.05, 4.69) is 18.7 Å². The first kappa shape index (κ1) is 12.0. The number of aliphatic hydroxyl groups is 1. The molecule has 14 heavy (non-hydrogen) atoms. The fraction of sp³-hybridized carbons (Fsp3) is 1.00. The molecule has 1 aliphatic rings. The summed E-state index contributed by atoms with van der Waals surface area (Å²) in [6.45, 7) is 5.68. The average molecular weight is 201 g/mol. The number of methoxy groups -OCH3 is 1. The third-order valence-corrected chi connectivity index (χ3v) is 3.16. The van der Waals surface area contributed by atoms with Crippen molar-refractivity contribution >= 4 is 0 Å². The third kappa shape index (κ3) is 3.23. The molecule has 0 amide bonds. The lowest BCUT2D eigenvalue weighted by Gasteiger charge is -2.39. The molecule has 0 aromatic heterocycles. The number of likely N-dealkylation sites (tertiary alicyclic amines) is 1. The maximum Gasteiger partial charge on any atom is 0.0900 e. The Morgan fingerprint density at radius 1 is 1.36 bits per heavy atom. The van der Waals surface area contributed by atoms with Crippen LogP contribution in [-0.4, -0.2) is 48.5 Å². The standard InChI is InChI=1S/C11H23NO2/c1-9-5-4-6-10(2)12(9)7-11(13)8-14-3/h9-11,13H,4-8H2,1-3H3. The Balaban J connectivity index is 2.39. The largest absolute Gasteiger partial charge is 0.389 e. The van der Waals surface area contributed by atoms with Gasteiger partial charge in [-0.3, -0.25) is 4.90 Å². The fourth-order valence-corrected chi connectivity index (χ4v) is 2.32. The lowest BCUT2D eigenvalue weighted by Crippen LogP contribution is -2.48. The first-order chi connectivity index (χ1) is 6.65. The van der Waals surface area contributed by atoms with Crippen molar-refractivity contribution in [3.8, 4) is 0 Å². The van der Waals surface area contributed by atoms with E-state index in [-0.39, 0.29) is 6.10 Å². The van der Waals surface area contributed by atoms with E-state index in [0.717, 1.165) is 6.54 Å². The summed E-state index contributed by atoms with van der Waals surface area (Å²) in [7, 11) is 1.63. The second kappa shape index (κ2) is 5.69. The first-order valence-corrected chi connectivity index (χ1v) is 5.58. The SMILES string of the molecule is COCC(O)CN1C(C)CCCC1C. The molecule has 1 heterocycles. The molecule has 0 aromatic rings. The summed E-state index contributed by atoms with van der Waals surface area (Å²) in [6, 6.07) is 1.20. The lowest BCUT2D eigenvalue weighted by atomic mass is 9.97. The summed E-state index contributed by atoms with van der Waals surface area (Å²) in [5.74, 6) is 0. The lowest BCUT2D eigenvalue weighted by molar-refractivity contribution is 0.00396. The van der Waals surface area contributed by atoms with Gasteiger partial charge >= 0.3 is 0 Å². The van der Waals surface area contributed by atoms with Crippen molar-refractivity contribution in [1.29, 1.82) is 0 Å². The quantitative estimate of drug-likeness (QED) is 0.743. The highest BCUT2D eigenvalue weighted by atomic mass is 16.5. The molecule has 3 heteroatoms. The summed E-state index contributed by atoms with van der Waals surface area (Å²) < 4.78 is 4.94. The van der Waals surface area contributed by atoms with Crippen molar-refractivity contribution in [3.05, 3.63) is 0 Å². The van der Waals surface area contributed by atoms with Crippen LogP contribution >= 0.6 is 0 Å². The van der Waals surface area contributed by atoms with Gasteiger partial charge in [0, 0.05) is 25.7 Å². The number of hydrogen-bond donors (Lipinski definition) is 1. The van der Waals surface area contributed by atoms with Crippen LogP contribution in [0.2, 0.25) is 0 Å². The van der Waals surface area contributed by atoms with Crippen molar-refractivity contribution < 1.29 is 9.84 Å². The van der Waals surface area contributed by atoms with Gasteiger partial charge in [-0.2, -0.15) is 0 Å². The normalized spacial score (nSPS) is 31.7. The Bertz CT molecular complexity index is 153. The van der Waals surface area contributed by atoms with Crippen molar-refractivity contribution in [2.45, 2.75) is 51.3 Å². The minimum Gasteiger partial charge on any atom is -0.389 e. The predicted octanol–water partition coefficient (Wildman–Crippen LogP) is 1.26. The van der Waals surface area contributed by atoms with E-state index in [1.807, 2.05) is 0 Å². The molecule has 0 bridgehead atoms. The first-order valence-electron chi connectivity index (χ1n) is 5.58. The zero-order chi connectivity index (χ0) is 10.6. The van der Waals surface area contributed by atoms with Gasteiger partial charge in [-0.05, 0) is 26.7 Å². The second-order valence-corrected chi connectivity index (χ2v) is 4.43. The molecule has 0 spiro atoms. The topological polar surface area (TPSA) is 32.7 Å². The smallest absolute Gasteiger partial charge is 0.0900 e. The van der Waals surface area contributed by atoms with E-state index in [1.165, 1.54) is 19.3 Å². The van der Waals surface area contributed by atoms with E-state index in [9.17, 15) is 5.11 Å². The molecule has 3 nitrogen and oxygen atoms in total. The Hall–Kier alpha value is -0.120. The number of aliphatic hydroxyl groups excluding tert-OH is 1. The summed E-state index contributed by atoms with van der Waals surface area (Å²) >= 11 is 0. The second-order valence-electron chi connectivity index (χ2n) is 4.43. The van der Waals surface area contributed by atoms with Crippen molar-refractivity contribution in [1.82, 2.24) is 4.90 Å². The summed E-state index contributed by atoms with van der Waals surface area (Å²) in [5, 5.41) is 9.67. The van der Waals surface area contributed by atoms with Crippen LogP contribution in [0.4, 0.5) is 0 Å². The molecule has 1 fully saturated rings. The molecule has 1 N–H and O–H groups in total. The fourth-order valence-electron chi connectivity index (χ4n) is 2.32. The number of nitrogens with zero attached hydrogens (tertiary/aromatic N) is 1. The van der Waals surface area contributed by atoms with Gasteiger partial charge in [-0.15, -0.1) is 0 Å². The molecule has 3 unspecified atom stereocenters. The van der Waals surface area contributed by atoms with Crippen LogP contribution in [0.25, 0.3) is 0 Å². The van der Waals surface area contributed by atoms with Crippen LogP contribution in [0.3, 0.4) is 0 Å². The van der Waals surface area contributed by atoms with Crippen LogP contribution in [-0.2, 0) is 4.74 Å². The van der Waals surface area contributed by atoms with Gasteiger partial charge in [0.1, 0.15) is 0 Å². The molecule has 1 aliphatic heterocycles. The summed E-state index contributed by atoms with van der Waals surface area (Å²) in [4.78, 5) is 2.40. The number of piperidine rings is 1. The highest BCUT2D eigenvalue weighted by Crippen LogP contribution is 2.22. The number of β-amino-alcohol motifs (C(OH)–C–C–N with tert-alkyl or cyclic N) is 1. The Morgan fingerprint density at radius 2 is 1.93 bits per heavy atom. The van der Waals surface area contributed by atoms with Crippen LogP contribution in [0.15, 0.2) is 0 Å². The van der Waals surface area contributed by atoms with Gasteiger partial charge in [0.2, 0.25) is 0 Å². The predicted molar refractivity (Wildman–Crippen MR) is 57.4 cm³/mol. The number of rotatable bonds is 4. The van der Waals surface area contributed by atoms with Crippen LogP contribution in [0, 0.1) is 0 Å². The molecular formula is C11H23NO2. The minimum atomic E-state index is -0.344. The van der Waals surface area contributed by atoms with E-state index in [1.54, 1.807) is 7.11 Å². The van der Waals surface area contributed by atoms with Gasteiger partial charge < -0.3 is 9.84 Å². The molecule has 0 radical (unpaired) electrons. The van der Waals surface area contributed by atoms with Gasteiger partial charge in [-0.1, -0.05) is 6.42 Å². The zero-order valence-electron chi connectivity index (χ0n) is 9.57. The number of hydrogen-bond acceptors (Lipinski definition) is 3. The van der Waals surface area contributed by atoms with Gasteiger partial charge in [0.05, 0.1) is 12.7 Å². The van der Waals surface area contributed by atoms with Crippen molar-refractivity contribution in [3.63, 3.8) is 0 Å². The Kier molecular flexibility index (Phi) is 4.85. The van der Waals surface area contributed by atoms with E-state index < -0.39 is 0 Å². The van der Waals surface area contributed by atoms with E-state index in [0.29, 0.717) is 18.7 Å². The summed E-state index contributed by atoms with van der Waals surface area (Å²) in [6.07, 6.45) is 3.48. The van der Waals surface area contributed by atoms with E-state index in [4.69, 9.17) is 4.74 Å². The average Bonchev–Trinajstić information content (AvgIpc) is 2.12. The molecule has 1 rings (SSSR count). The third-order valence-electron chi connectivity index (χ3n) is 3.16. The Morgan fingerprint density at radius 3 is 2.43 bits per heavy atom. The molecule has 0 saturated carbocycles. The van der Waals surface area contributed by atoms with Crippen molar-refractivity contribution in [2.75, 3.05) is 20.3 Å². The molecule has 1 saturated heterocycles. The Labute approximate surface area is 87.1 Å². The maximum absolute atomic E-state index is 9.67. The minimum absolute atomic E-state index is 0.344. The molecule has 84 valence electrons. The zero-order valence-corrected chi connectivity index (χ0v) is 9.57. The summed E-state index contributed by atoms with van der Waals surface area (Å²) in [5.41, 5.74) is 0. The number of ether oxygens (including phenoxy) is 1. The van der Waals surface area contributed by atoms with Gasteiger partial charge in [0.15, 0.2) is 0 Å². The van der Waals surface area contributed by atoms with Gasteiger partial charge in [-0.25, -0.2) is 0 Å². The molecule has 0 aliphatic carbocycles. The molecule has 0 aromatic carbocycles. The molecule has 3 atom stereocenters.